The molecule has 0 spiro atoms. The van der Waals surface area contributed by atoms with Gasteiger partial charge in [-0.2, -0.15) is 0 Å². The van der Waals surface area contributed by atoms with Crippen LogP contribution in [0, 0.1) is 6.92 Å². The van der Waals surface area contributed by atoms with Gasteiger partial charge in [0.2, 0.25) is 0 Å². The standard InChI is InChI=1S/C8H9I3S/c1-5-6(2-9)7(3-10)8(4-11)12-5/h2-4H2,1H3. The monoisotopic (exact) mass is 518 g/mol. The zero-order valence-electron chi connectivity index (χ0n) is 6.66. The van der Waals surface area contributed by atoms with E-state index in [0.717, 1.165) is 8.86 Å². The van der Waals surface area contributed by atoms with Gasteiger partial charge in [0.1, 0.15) is 0 Å². The predicted octanol–water partition coefficient (Wildman–Crippen LogP) is 4.86. The SMILES string of the molecule is Cc1sc(CI)c(CI)c1CI. The van der Waals surface area contributed by atoms with E-state index in [0.29, 0.717) is 0 Å². The number of rotatable bonds is 3. The second-order valence-corrected chi connectivity index (χ2v) is 6.04. The molecule has 0 amide bonds. The van der Waals surface area contributed by atoms with Gasteiger partial charge in [-0.1, -0.05) is 67.8 Å². The minimum atomic E-state index is 1.16. The summed E-state index contributed by atoms with van der Waals surface area (Å²) in [6.45, 7) is 2.24. The van der Waals surface area contributed by atoms with Crippen molar-refractivity contribution in [3.05, 3.63) is 20.9 Å². The highest BCUT2D eigenvalue weighted by Crippen LogP contribution is 2.33. The molecule has 1 heterocycles. The molecular weight excluding hydrogens is 509 g/mol. The Morgan fingerprint density at radius 2 is 1.58 bits per heavy atom. The molecule has 0 atom stereocenters. The summed E-state index contributed by atoms with van der Waals surface area (Å²) in [6, 6.07) is 0. The van der Waals surface area contributed by atoms with Crippen molar-refractivity contribution in [1.29, 1.82) is 0 Å². The third-order valence-corrected chi connectivity index (χ3v) is 5.79. The Bertz CT molecular complexity index is 268. The van der Waals surface area contributed by atoms with E-state index in [-0.39, 0.29) is 0 Å². The van der Waals surface area contributed by atoms with Crippen LogP contribution in [0.25, 0.3) is 0 Å². The first-order chi connectivity index (χ1) is 5.74. The maximum Gasteiger partial charge on any atom is 0.0344 e. The van der Waals surface area contributed by atoms with Crippen LogP contribution in [0.3, 0.4) is 0 Å². The first-order valence-electron chi connectivity index (χ1n) is 3.52. The second-order valence-electron chi connectivity index (χ2n) is 2.44. The van der Waals surface area contributed by atoms with E-state index < -0.39 is 0 Å². The van der Waals surface area contributed by atoms with Gasteiger partial charge in [-0.25, -0.2) is 0 Å². The van der Waals surface area contributed by atoms with Crippen molar-refractivity contribution >= 4 is 79.1 Å². The highest BCUT2D eigenvalue weighted by Gasteiger charge is 2.12. The van der Waals surface area contributed by atoms with Crippen molar-refractivity contribution in [2.24, 2.45) is 0 Å². The summed E-state index contributed by atoms with van der Waals surface area (Å²) in [7, 11) is 0. The summed E-state index contributed by atoms with van der Waals surface area (Å²) < 4.78 is 3.49. The van der Waals surface area contributed by atoms with Crippen molar-refractivity contribution in [1.82, 2.24) is 0 Å². The van der Waals surface area contributed by atoms with E-state index in [1.165, 1.54) is 9.30 Å². The van der Waals surface area contributed by atoms with Crippen LogP contribution < -0.4 is 0 Å². The number of halogens is 3. The van der Waals surface area contributed by atoms with Gasteiger partial charge in [0.05, 0.1) is 0 Å². The van der Waals surface area contributed by atoms with Crippen LogP contribution in [-0.2, 0) is 13.3 Å². The van der Waals surface area contributed by atoms with E-state index in [9.17, 15) is 0 Å². The topological polar surface area (TPSA) is 0 Å². The first kappa shape index (κ1) is 12.0. The number of aryl methyl sites for hydroxylation is 1. The Hall–Kier alpha value is 1.89. The lowest BCUT2D eigenvalue weighted by molar-refractivity contribution is 1.30. The molecule has 0 saturated carbocycles. The Morgan fingerprint density at radius 1 is 1.00 bits per heavy atom. The fraction of sp³-hybridized carbons (Fsp3) is 0.500. The van der Waals surface area contributed by atoms with Crippen LogP contribution in [-0.4, -0.2) is 0 Å². The molecule has 0 saturated heterocycles. The molecule has 0 aliphatic heterocycles. The highest BCUT2D eigenvalue weighted by molar-refractivity contribution is 14.1. The summed E-state index contributed by atoms with van der Waals surface area (Å²) in [6.07, 6.45) is 0. The second kappa shape index (κ2) is 5.69. The van der Waals surface area contributed by atoms with E-state index in [1.54, 1.807) is 16.0 Å². The largest absolute Gasteiger partial charge is 0.144 e. The number of thiophene rings is 1. The molecule has 4 heteroatoms. The van der Waals surface area contributed by atoms with Crippen molar-refractivity contribution in [3.8, 4) is 0 Å². The van der Waals surface area contributed by atoms with Crippen LogP contribution in [0.5, 0.6) is 0 Å². The van der Waals surface area contributed by atoms with Gasteiger partial charge >= 0.3 is 0 Å². The predicted molar refractivity (Wildman–Crippen MR) is 82.2 cm³/mol. The Morgan fingerprint density at radius 3 is 2.00 bits per heavy atom. The summed E-state index contributed by atoms with van der Waals surface area (Å²) in [5.74, 6) is 0. The van der Waals surface area contributed by atoms with Crippen molar-refractivity contribution in [3.63, 3.8) is 0 Å². The van der Waals surface area contributed by atoms with E-state index in [1.807, 2.05) is 11.3 Å². The lowest BCUT2D eigenvalue weighted by Gasteiger charge is -1.99. The molecule has 1 rings (SSSR count). The average molecular weight is 518 g/mol. The number of alkyl halides is 3. The van der Waals surface area contributed by atoms with Crippen molar-refractivity contribution in [2.75, 3.05) is 0 Å². The summed E-state index contributed by atoms with van der Waals surface area (Å²) in [4.78, 5) is 3.09. The Balaban J connectivity index is 3.16. The Kier molecular flexibility index (Phi) is 5.68. The maximum absolute atomic E-state index is 2.46. The molecule has 0 fully saturated rings. The molecule has 12 heavy (non-hydrogen) atoms. The molecule has 0 radical (unpaired) electrons. The maximum atomic E-state index is 2.46. The molecule has 0 aliphatic carbocycles. The average Bonchev–Trinajstić information content (AvgIpc) is 2.40. The summed E-state index contributed by atoms with van der Waals surface area (Å²) >= 11 is 9.35. The quantitative estimate of drug-likeness (QED) is 0.397. The summed E-state index contributed by atoms with van der Waals surface area (Å²) in [5.41, 5.74) is 3.18. The fourth-order valence-corrected chi connectivity index (χ4v) is 5.59. The van der Waals surface area contributed by atoms with Crippen molar-refractivity contribution in [2.45, 2.75) is 20.2 Å². The molecule has 0 nitrogen and oxygen atoms in total. The van der Waals surface area contributed by atoms with Crippen LogP contribution >= 0.6 is 79.1 Å². The van der Waals surface area contributed by atoms with Crippen LogP contribution in [0.4, 0.5) is 0 Å². The molecule has 1 aromatic rings. The van der Waals surface area contributed by atoms with Gasteiger partial charge < -0.3 is 0 Å². The zero-order valence-corrected chi connectivity index (χ0v) is 14.0. The molecule has 0 aliphatic rings. The molecule has 0 aromatic carbocycles. The molecule has 1 aromatic heterocycles. The van der Waals surface area contributed by atoms with E-state index in [4.69, 9.17) is 0 Å². The minimum absolute atomic E-state index is 1.16. The van der Waals surface area contributed by atoms with Crippen LogP contribution in [0.2, 0.25) is 0 Å². The molecule has 68 valence electrons. The van der Waals surface area contributed by atoms with Gasteiger partial charge in [-0.15, -0.1) is 11.3 Å². The smallest absolute Gasteiger partial charge is 0.0344 e. The molecular formula is C8H9I3S. The van der Waals surface area contributed by atoms with Crippen LogP contribution in [0.15, 0.2) is 0 Å². The summed E-state index contributed by atoms with van der Waals surface area (Å²) in [5, 5.41) is 0. The Labute approximate surface area is 118 Å². The molecule has 0 N–H and O–H groups in total. The third kappa shape index (κ3) is 2.47. The van der Waals surface area contributed by atoms with Gasteiger partial charge in [0.25, 0.3) is 0 Å². The lowest BCUT2D eigenvalue weighted by atomic mass is 10.2. The number of hydrogen-bond donors (Lipinski definition) is 0. The fourth-order valence-electron chi connectivity index (χ4n) is 1.13. The number of hydrogen-bond acceptors (Lipinski definition) is 1. The highest BCUT2D eigenvalue weighted by atomic mass is 127. The molecule has 0 bridgehead atoms. The van der Waals surface area contributed by atoms with Gasteiger partial charge in [0.15, 0.2) is 0 Å². The normalized spacial score (nSPS) is 10.7. The minimum Gasteiger partial charge on any atom is -0.144 e. The third-order valence-electron chi connectivity index (χ3n) is 1.79. The van der Waals surface area contributed by atoms with Gasteiger partial charge in [-0.3, -0.25) is 0 Å². The molecule has 0 unspecified atom stereocenters. The lowest BCUT2D eigenvalue weighted by Crippen LogP contribution is -1.86. The van der Waals surface area contributed by atoms with Gasteiger partial charge in [-0.05, 0) is 18.1 Å². The van der Waals surface area contributed by atoms with E-state index >= 15 is 0 Å². The van der Waals surface area contributed by atoms with Gasteiger partial charge in [0, 0.05) is 23.0 Å². The van der Waals surface area contributed by atoms with Crippen molar-refractivity contribution < 1.29 is 0 Å². The zero-order chi connectivity index (χ0) is 9.14. The van der Waals surface area contributed by atoms with E-state index in [2.05, 4.69) is 74.7 Å². The first-order valence-corrected chi connectivity index (χ1v) is 8.91. The van der Waals surface area contributed by atoms with Crippen LogP contribution in [0.1, 0.15) is 20.9 Å².